The largest absolute Gasteiger partial charge is 0.438 e. The molecule has 2 heterocycles. The van der Waals surface area contributed by atoms with Gasteiger partial charge in [-0.3, -0.25) is 4.79 Å². The molecule has 2 aromatic carbocycles. The van der Waals surface area contributed by atoms with Crippen LogP contribution in [0.1, 0.15) is 21.5 Å². The maximum Gasteiger partial charge on any atom is 0.255 e. The Morgan fingerprint density at radius 3 is 2.21 bits per heavy atom. The van der Waals surface area contributed by atoms with Gasteiger partial charge in [-0.25, -0.2) is 0 Å². The molecule has 0 aliphatic heterocycles. The molecule has 1 amide bonds. The predicted octanol–water partition coefficient (Wildman–Crippen LogP) is 4.93. The van der Waals surface area contributed by atoms with Gasteiger partial charge in [-0.05, 0) is 68.4 Å². The van der Waals surface area contributed by atoms with Gasteiger partial charge in [0.1, 0.15) is 5.75 Å². The van der Waals surface area contributed by atoms with E-state index < -0.39 is 0 Å². The minimum absolute atomic E-state index is 0.142. The molecule has 6 heteroatoms. The highest BCUT2D eigenvalue weighted by Crippen LogP contribution is 2.22. The van der Waals surface area contributed by atoms with Gasteiger partial charge in [0.2, 0.25) is 5.88 Å². The molecule has 0 saturated carbocycles. The molecule has 2 aromatic heterocycles. The average Bonchev–Trinajstić information content (AvgIpc) is 3.24. The highest BCUT2D eigenvalue weighted by atomic mass is 16.5. The molecule has 6 nitrogen and oxygen atoms in total. The second-order valence-corrected chi connectivity index (χ2v) is 6.78. The Balaban J connectivity index is 1.40. The Bertz CT molecular complexity index is 1100. The number of carbonyl (C=O) groups is 1. The molecule has 144 valence electrons. The fraction of sp³-hybridized carbons (Fsp3) is 0.0870. The monoisotopic (exact) mass is 384 g/mol. The van der Waals surface area contributed by atoms with E-state index in [1.54, 1.807) is 30.3 Å². The highest BCUT2D eigenvalue weighted by Gasteiger charge is 2.08. The molecule has 1 N–H and O–H groups in total. The third kappa shape index (κ3) is 4.50. The zero-order valence-corrected chi connectivity index (χ0v) is 16.2. The van der Waals surface area contributed by atoms with Gasteiger partial charge in [-0.2, -0.15) is 0 Å². The number of nitrogens with zero attached hydrogens (tertiary/aromatic N) is 3. The number of aryl methyl sites for hydroxylation is 2. The van der Waals surface area contributed by atoms with Gasteiger partial charge >= 0.3 is 0 Å². The minimum atomic E-state index is -0.142. The molecule has 0 atom stereocenters. The number of amides is 1. The number of ether oxygens (including phenoxy) is 1. The summed E-state index contributed by atoms with van der Waals surface area (Å²) in [4.78, 5) is 12.5. The second kappa shape index (κ2) is 7.98. The Labute approximate surface area is 168 Å². The number of hydrogen-bond acceptors (Lipinski definition) is 4. The van der Waals surface area contributed by atoms with Crippen molar-refractivity contribution in [2.24, 2.45) is 0 Å². The summed E-state index contributed by atoms with van der Waals surface area (Å²) in [7, 11) is 0. The first-order valence-electron chi connectivity index (χ1n) is 9.21. The van der Waals surface area contributed by atoms with E-state index in [4.69, 9.17) is 4.74 Å². The van der Waals surface area contributed by atoms with Crippen molar-refractivity contribution >= 4 is 11.6 Å². The van der Waals surface area contributed by atoms with E-state index >= 15 is 0 Å². The number of anilines is 1. The van der Waals surface area contributed by atoms with Gasteiger partial charge < -0.3 is 14.6 Å². The summed E-state index contributed by atoms with van der Waals surface area (Å²) in [5.74, 6) is 1.58. The summed E-state index contributed by atoms with van der Waals surface area (Å²) in [6.45, 7) is 3.95. The maximum atomic E-state index is 12.5. The second-order valence-electron chi connectivity index (χ2n) is 6.78. The number of aromatic nitrogens is 3. The van der Waals surface area contributed by atoms with Gasteiger partial charge in [0.25, 0.3) is 5.91 Å². The molecule has 0 saturated heterocycles. The summed E-state index contributed by atoms with van der Waals surface area (Å²) in [5, 5.41) is 11.1. The summed E-state index contributed by atoms with van der Waals surface area (Å²) >= 11 is 0. The summed E-state index contributed by atoms with van der Waals surface area (Å²) in [6.07, 6.45) is 3.80. The highest BCUT2D eigenvalue weighted by molar-refractivity contribution is 6.04. The number of hydrogen-bond donors (Lipinski definition) is 1. The van der Waals surface area contributed by atoms with Crippen molar-refractivity contribution in [2.75, 3.05) is 5.32 Å². The molecule has 4 rings (SSSR count). The lowest BCUT2D eigenvalue weighted by Gasteiger charge is -2.09. The number of rotatable bonds is 5. The topological polar surface area (TPSA) is 69.0 Å². The van der Waals surface area contributed by atoms with Crippen LogP contribution in [0.15, 0.2) is 79.1 Å². The predicted molar refractivity (Wildman–Crippen MR) is 112 cm³/mol. The van der Waals surface area contributed by atoms with Crippen LogP contribution in [0.5, 0.6) is 11.6 Å². The Morgan fingerprint density at radius 2 is 1.59 bits per heavy atom. The number of nitrogens with one attached hydrogen (secondary N) is 1. The van der Waals surface area contributed by atoms with Gasteiger partial charge in [-0.1, -0.05) is 17.2 Å². The zero-order chi connectivity index (χ0) is 20.2. The van der Waals surface area contributed by atoms with E-state index in [0.717, 1.165) is 11.1 Å². The van der Waals surface area contributed by atoms with Crippen molar-refractivity contribution in [2.45, 2.75) is 13.8 Å². The van der Waals surface area contributed by atoms with E-state index in [2.05, 4.69) is 15.5 Å². The summed E-state index contributed by atoms with van der Waals surface area (Å²) in [5.41, 5.74) is 3.45. The van der Waals surface area contributed by atoms with Crippen LogP contribution in [0.25, 0.3) is 5.82 Å². The van der Waals surface area contributed by atoms with Crippen LogP contribution in [-0.2, 0) is 0 Å². The lowest BCUT2D eigenvalue weighted by molar-refractivity contribution is 0.102. The van der Waals surface area contributed by atoms with Crippen LogP contribution >= 0.6 is 0 Å². The number of carbonyl (C=O) groups excluding carboxylic acids is 1. The summed E-state index contributed by atoms with van der Waals surface area (Å²) in [6, 6.07) is 20.4. The molecule has 0 radical (unpaired) electrons. The Hall–Kier alpha value is -3.93. The first-order valence-corrected chi connectivity index (χ1v) is 9.21. The smallest absolute Gasteiger partial charge is 0.255 e. The van der Waals surface area contributed by atoms with Crippen LogP contribution in [0.3, 0.4) is 0 Å². The summed E-state index contributed by atoms with van der Waals surface area (Å²) < 4.78 is 7.60. The lowest BCUT2D eigenvalue weighted by atomic mass is 10.1. The van der Waals surface area contributed by atoms with E-state index in [-0.39, 0.29) is 5.91 Å². The standard InChI is InChI=1S/C23H20N4O2/c1-16-13-17(2)15-18(14-16)23(28)24-19-5-7-20(8-6-19)29-22-10-9-21(25-26-22)27-11-3-4-12-27/h3-15H,1-2H3,(H,24,28). The van der Waals surface area contributed by atoms with Gasteiger partial charge in [-0.15, -0.1) is 10.2 Å². The fourth-order valence-electron chi connectivity index (χ4n) is 3.03. The molecular formula is C23H20N4O2. The molecule has 29 heavy (non-hydrogen) atoms. The Morgan fingerprint density at radius 1 is 0.897 bits per heavy atom. The molecule has 0 aliphatic carbocycles. The van der Waals surface area contributed by atoms with E-state index in [1.807, 2.05) is 67.2 Å². The van der Waals surface area contributed by atoms with Gasteiger partial charge in [0.15, 0.2) is 5.82 Å². The first kappa shape index (κ1) is 18.4. The third-order valence-electron chi connectivity index (χ3n) is 4.31. The fourth-order valence-corrected chi connectivity index (χ4v) is 3.03. The van der Waals surface area contributed by atoms with Crippen molar-refractivity contribution in [1.82, 2.24) is 14.8 Å². The van der Waals surface area contributed by atoms with Crippen molar-refractivity contribution in [3.8, 4) is 17.4 Å². The first-order chi connectivity index (χ1) is 14.1. The van der Waals surface area contributed by atoms with Crippen LogP contribution in [0, 0.1) is 13.8 Å². The van der Waals surface area contributed by atoms with Crippen molar-refractivity contribution in [1.29, 1.82) is 0 Å². The van der Waals surface area contributed by atoms with Crippen molar-refractivity contribution in [3.05, 3.63) is 95.8 Å². The Kier molecular flexibility index (Phi) is 5.07. The molecule has 0 aliphatic rings. The molecule has 0 fully saturated rings. The van der Waals surface area contributed by atoms with Gasteiger partial charge in [0, 0.05) is 29.7 Å². The minimum Gasteiger partial charge on any atom is -0.438 e. The molecular weight excluding hydrogens is 364 g/mol. The van der Waals surface area contributed by atoms with E-state index in [1.165, 1.54) is 0 Å². The number of benzene rings is 2. The normalized spacial score (nSPS) is 10.6. The quantitative estimate of drug-likeness (QED) is 0.530. The van der Waals surface area contributed by atoms with Crippen LogP contribution < -0.4 is 10.1 Å². The molecule has 4 aromatic rings. The van der Waals surface area contributed by atoms with Crippen LogP contribution in [0.2, 0.25) is 0 Å². The lowest BCUT2D eigenvalue weighted by Crippen LogP contribution is -2.12. The maximum absolute atomic E-state index is 12.5. The average molecular weight is 384 g/mol. The SMILES string of the molecule is Cc1cc(C)cc(C(=O)Nc2ccc(Oc3ccc(-n4cccc4)nn3)cc2)c1. The molecule has 0 spiro atoms. The van der Waals surface area contributed by atoms with E-state index in [0.29, 0.717) is 28.7 Å². The molecule has 0 unspecified atom stereocenters. The zero-order valence-electron chi connectivity index (χ0n) is 16.2. The third-order valence-corrected chi connectivity index (χ3v) is 4.31. The van der Waals surface area contributed by atoms with Crippen molar-refractivity contribution in [3.63, 3.8) is 0 Å². The molecule has 0 bridgehead atoms. The van der Waals surface area contributed by atoms with Crippen molar-refractivity contribution < 1.29 is 9.53 Å². The van der Waals surface area contributed by atoms with Crippen LogP contribution in [-0.4, -0.2) is 20.7 Å². The van der Waals surface area contributed by atoms with Gasteiger partial charge in [0.05, 0.1) is 0 Å². The van der Waals surface area contributed by atoms with E-state index in [9.17, 15) is 4.79 Å². The van der Waals surface area contributed by atoms with Crippen LogP contribution in [0.4, 0.5) is 5.69 Å².